The lowest BCUT2D eigenvalue weighted by Crippen LogP contribution is -2.42. The van der Waals surface area contributed by atoms with Gasteiger partial charge in [-0.05, 0) is 31.4 Å². The molecule has 2 aliphatic heterocycles. The predicted molar refractivity (Wildman–Crippen MR) is 96.4 cm³/mol. The Bertz CT molecular complexity index is 661. The first-order chi connectivity index (χ1) is 12.1. The molecule has 2 fully saturated rings. The Balaban J connectivity index is 1.74. The SMILES string of the molecule is C=CCN1CC[C@H](Nc2ccccc2C(=O)N2CCC[C@H](O)C2)C1=O. The number of nitrogens with zero attached hydrogens (tertiary/aromatic N) is 2. The number of aliphatic hydroxyl groups excluding tert-OH is 1. The number of amides is 2. The Morgan fingerprint density at radius 1 is 1.32 bits per heavy atom. The highest BCUT2D eigenvalue weighted by atomic mass is 16.3. The van der Waals surface area contributed by atoms with E-state index in [2.05, 4.69) is 11.9 Å². The molecule has 6 heteroatoms. The maximum absolute atomic E-state index is 12.9. The Labute approximate surface area is 148 Å². The number of nitrogens with one attached hydrogen (secondary N) is 1. The fourth-order valence-corrected chi connectivity index (χ4v) is 3.50. The molecule has 0 saturated carbocycles. The average molecular weight is 343 g/mol. The third kappa shape index (κ3) is 3.85. The molecule has 2 aliphatic rings. The van der Waals surface area contributed by atoms with Crippen LogP contribution in [0.25, 0.3) is 0 Å². The summed E-state index contributed by atoms with van der Waals surface area (Å²) in [6.45, 7) is 5.93. The van der Waals surface area contributed by atoms with Crippen molar-refractivity contribution in [3.8, 4) is 0 Å². The van der Waals surface area contributed by atoms with Gasteiger partial charge >= 0.3 is 0 Å². The van der Waals surface area contributed by atoms with Crippen LogP contribution in [0.1, 0.15) is 29.6 Å². The molecule has 3 rings (SSSR count). The van der Waals surface area contributed by atoms with Crippen LogP contribution in [0.4, 0.5) is 5.69 Å². The summed E-state index contributed by atoms with van der Waals surface area (Å²) in [7, 11) is 0. The predicted octanol–water partition coefficient (Wildman–Crippen LogP) is 1.48. The first-order valence-corrected chi connectivity index (χ1v) is 8.82. The molecule has 6 nitrogen and oxygen atoms in total. The lowest BCUT2D eigenvalue weighted by Gasteiger charge is -2.31. The van der Waals surface area contributed by atoms with Crippen LogP contribution in [0.3, 0.4) is 0 Å². The standard InChI is InChI=1S/C19H25N3O3/c1-2-10-21-12-9-17(19(21)25)20-16-8-4-3-7-15(16)18(24)22-11-5-6-14(23)13-22/h2-4,7-8,14,17,20,23H,1,5-6,9-13H2/t14-,17-/m0/s1. The number of piperidine rings is 1. The van der Waals surface area contributed by atoms with E-state index in [0.29, 0.717) is 43.9 Å². The van der Waals surface area contributed by atoms with Gasteiger partial charge in [0.1, 0.15) is 6.04 Å². The number of carbonyl (C=O) groups is 2. The van der Waals surface area contributed by atoms with E-state index in [0.717, 1.165) is 12.8 Å². The Kier molecular flexibility index (Phi) is 5.38. The van der Waals surface area contributed by atoms with Crippen LogP contribution in [-0.4, -0.2) is 65.0 Å². The minimum Gasteiger partial charge on any atom is -0.391 e. The van der Waals surface area contributed by atoms with Gasteiger partial charge in [-0.1, -0.05) is 18.2 Å². The summed E-state index contributed by atoms with van der Waals surface area (Å²) < 4.78 is 0. The van der Waals surface area contributed by atoms with Gasteiger partial charge in [-0.15, -0.1) is 6.58 Å². The molecule has 2 N–H and O–H groups in total. The first-order valence-electron chi connectivity index (χ1n) is 8.82. The minimum absolute atomic E-state index is 0.0375. The van der Waals surface area contributed by atoms with E-state index in [1.807, 2.05) is 18.2 Å². The van der Waals surface area contributed by atoms with Crippen LogP contribution in [-0.2, 0) is 4.79 Å². The second-order valence-electron chi connectivity index (χ2n) is 6.65. The molecule has 1 aromatic carbocycles. The number of aliphatic hydroxyl groups is 1. The van der Waals surface area contributed by atoms with Crippen LogP contribution in [0.2, 0.25) is 0 Å². The van der Waals surface area contributed by atoms with E-state index in [1.165, 1.54) is 0 Å². The summed E-state index contributed by atoms with van der Waals surface area (Å²) in [6, 6.07) is 6.95. The average Bonchev–Trinajstić information content (AvgIpc) is 2.95. The fraction of sp³-hybridized carbons (Fsp3) is 0.474. The number of para-hydroxylation sites is 1. The van der Waals surface area contributed by atoms with E-state index in [-0.39, 0.29) is 17.9 Å². The first kappa shape index (κ1) is 17.5. The van der Waals surface area contributed by atoms with Gasteiger partial charge in [-0.3, -0.25) is 9.59 Å². The van der Waals surface area contributed by atoms with Crippen LogP contribution < -0.4 is 5.32 Å². The molecule has 1 aromatic rings. The van der Waals surface area contributed by atoms with E-state index < -0.39 is 6.10 Å². The lowest BCUT2D eigenvalue weighted by atomic mass is 10.1. The van der Waals surface area contributed by atoms with Gasteiger partial charge in [0.25, 0.3) is 5.91 Å². The van der Waals surface area contributed by atoms with Crippen molar-refractivity contribution < 1.29 is 14.7 Å². The number of hydrogen-bond acceptors (Lipinski definition) is 4. The molecule has 2 heterocycles. The zero-order valence-electron chi connectivity index (χ0n) is 14.4. The van der Waals surface area contributed by atoms with Crippen molar-refractivity contribution in [2.24, 2.45) is 0 Å². The Morgan fingerprint density at radius 2 is 2.12 bits per heavy atom. The normalized spacial score (nSPS) is 23.6. The summed E-state index contributed by atoms with van der Waals surface area (Å²) in [5.41, 5.74) is 1.22. The number of rotatable bonds is 5. The molecular weight excluding hydrogens is 318 g/mol. The molecule has 0 spiro atoms. The van der Waals surface area contributed by atoms with E-state index >= 15 is 0 Å². The van der Waals surface area contributed by atoms with Gasteiger partial charge in [0.05, 0.1) is 11.7 Å². The number of β-amino-alcohol motifs (C(OH)–C–C–N with tert-alkyl or cyclic N) is 1. The third-order valence-corrected chi connectivity index (χ3v) is 4.82. The van der Waals surface area contributed by atoms with Crippen LogP contribution in [0.5, 0.6) is 0 Å². The smallest absolute Gasteiger partial charge is 0.256 e. The molecule has 0 radical (unpaired) electrons. The maximum atomic E-state index is 12.9. The molecule has 2 amide bonds. The number of benzene rings is 1. The molecule has 134 valence electrons. The lowest BCUT2D eigenvalue weighted by molar-refractivity contribution is -0.127. The van der Waals surface area contributed by atoms with Crippen molar-refractivity contribution >= 4 is 17.5 Å². The van der Waals surface area contributed by atoms with Gasteiger partial charge in [-0.2, -0.15) is 0 Å². The second kappa shape index (κ2) is 7.70. The zero-order valence-corrected chi connectivity index (χ0v) is 14.4. The largest absolute Gasteiger partial charge is 0.391 e. The quantitative estimate of drug-likeness (QED) is 0.795. The summed E-state index contributed by atoms with van der Waals surface area (Å²) in [5.74, 6) is -0.0641. The Hall–Kier alpha value is -2.34. The molecule has 0 bridgehead atoms. The highest BCUT2D eigenvalue weighted by Gasteiger charge is 2.32. The molecule has 0 unspecified atom stereocenters. The number of anilines is 1. The molecule has 25 heavy (non-hydrogen) atoms. The summed E-state index contributed by atoms with van der Waals surface area (Å²) in [5, 5.41) is 13.1. The fourth-order valence-electron chi connectivity index (χ4n) is 3.50. The summed E-state index contributed by atoms with van der Waals surface area (Å²) in [4.78, 5) is 28.7. The van der Waals surface area contributed by atoms with Crippen molar-refractivity contribution in [1.82, 2.24) is 9.80 Å². The number of carbonyl (C=O) groups excluding carboxylic acids is 2. The highest BCUT2D eigenvalue weighted by Crippen LogP contribution is 2.23. The summed E-state index contributed by atoms with van der Waals surface area (Å²) in [6.07, 6.45) is 3.51. The Morgan fingerprint density at radius 3 is 2.88 bits per heavy atom. The molecule has 0 aromatic heterocycles. The van der Waals surface area contributed by atoms with Crippen LogP contribution in [0, 0.1) is 0 Å². The van der Waals surface area contributed by atoms with Crippen molar-refractivity contribution in [1.29, 1.82) is 0 Å². The van der Waals surface area contributed by atoms with E-state index in [1.54, 1.807) is 21.9 Å². The van der Waals surface area contributed by atoms with Gasteiger partial charge in [-0.25, -0.2) is 0 Å². The molecule has 2 atom stereocenters. The second-order valence-corrected chi connectivity index (χ2v) is 6.65. The van der Waals surface area contributed by atoms with Crippen LogP contribution in [0.15, 0.2) is 36.9 Å². The number of hydrogen-bond donors (Lipinski definition) is 2. The van der Waals surface area contributed by atoms with E-state index in [4.69, 9.17) is 0 Å². The van der Waals surface area contributed by atoms with Gasteiger partial charge < -0.3 is 20.2 Å². The highest BCUT2D eigenvalue weighted by molar-refractivity contribution is 6.00. The molecular formula is C19H25N3O3. The van der Waals surface area contributed by atoms with Crippen LogP contribution >= 0.6 is 0 Å². The van der Waals surface area contributed by atoms with Crippen molar-refractivity contribution in [2.75, 3.05) is 31.5 Å². The van der Waals surface area contributed by atoms with Crippen molar-refractivity contribution in [2.45, 2.75) is 31.4 Å². The third-order valence-electron chi connectivity index (χ3n) is 4.82. The number of likely N-dealkylation sites (tertiary alicyclic amines) is 2. The van der Waals surface area contributed by atoms with Crippen molar-refractivity contribution in [3.63, 3.8) is 0 Å². The topological polar surface area (TPSA) is 72.9 Å². The van der Waals surface area contributed by atoms with Gasteiger partial charge in [0.15, 0.2) is 0 Å². The molecule has 0 aliphatic carbocycles. The maximum Gasteiger partial charge on any atom is 0.256 e. The van der Waals surface area contributed by atoms with Crippen molar-refractivity contribution in [3.05, 3.63) is 42.5 Å². The zero-order chi connectivity index (χ0) is 17.8. The molecule has 2 saturated heterocycles. The monoisotopic (exact) mass is 343 g/mol. The van der Waals surface area contributed by atoms with Gasteiger partial charge in [0.2, 0.25) is 5.91 Å². The van der Waals surface area contributed by atoms with E-state index in [9.17, 15) is 14.7 Å². The van der Waals surface area contributed by atoms with Gasteiger partial charge in [0, 0.05) is 31.9 Å². The summed E-state index contributed by atoms with van der Waals surface area (Å²) >= 11 is 0. The minimum atomic E-state index is -0.457.